The van der Waals surface area contributed by atoms with Crippen molar-refractivity contribution in [3.8, 4) is 0 Å². The van der Waals surface area contributed by atoms with Gasteiger partial charge in [0.05, 0.1) is 16.8 Å². The number of hydrogen-bond acceptors (Lipinski definition) is 3. The number of hydrogen-bond donors (Lipinski definition) is 1. The monoisotopic (exact) mass is 275 g/mol. The van der Waals surface area contributed by atoms with Crippen LogP contribution in [0.1, 0.15) is 33.4 Å². The van der Waals surface area contributed by atoms with Crippen molar-refractivity contribution in [2.24, 2.45) is 5.73 Å². The van der Waals surface area contributed by atoms with Crippen LogP contribution in [0.15, 0.2) is 24.3 Å². The highest BCUT2D eigenvalue weighted by Crippen LogP contribution is 2.23. The molecule has 2 N–H and O–H groups in total. The molecule has 110 valence electrons. The number of aryl methyl sites for hydroxylation is 1. The van der Waals surface area contributed by atoms with Gasteiger partial charge in [-0.25, -0.2) is 0 Å². The molecule has 1 aromatic heterocycles. The molecule has 0 fully saturated rings. The number of fused-ring (bicyclic) bond motifs is 1. The fraction of sp³-hybridized carbons (Fsp3) is 0.562. The van der Waals surface area contributed by atoms with Crippen molar-refractivity contribution in [2.45, 2.75) is 52.3 Å². The number of aromatic nitrogens is 2. The standard InChI is InChI=1S/C16H25N3O/c1-5-19-14-10-8-7-9-12(14)13(18-19)11-15(17)16(3,4)20-6-2/h7-10,15H,5-6,11,17H2,1-4H3. The summed E-state index contributed by atoms with van der Waals surface area (Å²) in [6.07, 6.45) is 0.723. The molecule has 0 aliphatic heterocycles. The summed E-state index contributed by atoms with van der Waals surface area (Å²) in [5.74, 6) is 0. The number of benzene rings is 1. The second-order valence-electron chi connectivity index (χ2n) is 5.63. The Bertz CT molecular complexity index is 574. The van der Waals surface area contributed by atoms with E-state index in [4.69, 9.17) is 15.6 Å². The lowest BCUT2D eigenvalue weighted by molar-refractivity contribution is -0.0289. The molecular weight excluding hydrogens is 250 g/mol. The van der Waals surface area contributed by atoms with Gasteiger partial charge < -0.3 is 10.5 Å². The molecule has 2 aromatic rings. The van der Waals surface area contributed by atoms with Gasteiger partial charge in [0.15, 0.2) is 0 Å². The van der Waals surface area contributed by atoms with E-state index in [-0.39, 0.29) is 11.6 Å². The first-order chi connectivity index (χ1) is 9.49. The zero-order chi connectivity index (χ0) is 14.8. The average molecular weight is 275 g/mol. The largest absolute Gasteiger partial charge is 0.374 e. The fourth-order valence-electron chi connectivity index (χ4n) is 2.52. The van der Waals surface area contributed by atoms with Crippen molar-refractivity contribution < 1.29 is 4.74 Å². The van der Waals surface area contributed by atoms with Crippen molar-refractivity contribution >= 4 is 10.9 Å². The van der Waals surface area contributed by atoms with Crippen LogP contribution in [0.4, 0.5) is 0 Å². The van der Waals surface area contributed by atoms with Crippen LogP contribution in [0, 0.1) is 0 Å². The summed E-state index contributed by atoms with van der Waals surface area (Å²) in [4.78, 5) is 0. The lowest BCUT2D eigenvalue weighted by Crippen LogP contribution is -2.46. The lowest BCUT2D eigenvalue weighted by Gasteiger charge is -2.31. The smallest absolute Gasteiger partial charge is 0.0780 e. The van der Waals surface area contributed by atoms with E-state index in [0.717, 1.165) is 18.7 Å². The van der Waals surface area contributed by atoms with Gasteiger partial charge >= 0.3 is 0 Å². The molecule has 0 bridgehead atoms. The highest BCUT2D eigenvalue weighted by molar-refractivity contribution is 5.82. The molecule has 1 atom stereocenters. The molecule has 1 unspecified atom stereocenters. The third-order valence-corrected chi connectivity index (χ3v) is 3.86. The molecule has 0 spiro atoms. The quantitative estimate of drug-likeness (QED) is 0.882. The Hall–Kier alpha value is -1.39. The molecule has 0 saturated heterocycles. The van der Waals surface area contributed by atoms with Crippen molar-refractivity contribution in [1.29, 1.82) is 0 Å². The van der Waals surface area contributed by atoms with Gasteiger partial charge in [-0.3, -0.25) is 4.68 Å². The molecule has 0 amide bonds. The topological polar surface area (TPSA) is 53.1 Å². The summed E-state index contributed by atoms with van der Waals surface area (Å²) in [5.41, 5.74) is 8.23. The Kier molecular flexibility index (Phi) is 4.45. The first-order valence-electron chi connectivity index (χ1n) is 7.33. The third kappa shape index (κ3) is 2.86. The average Bonchev–Trinajstić information content (AvgIpc) is 2.77. The van der Waals surface area contributed by atoms with Crippen molar-refractivity contribution in [2.75, 3.05) is 6.61 Å². The Morgan fingerprint density at radius 2 is 2.00 bits per heavy atom. The molecule has 0 saturated carbocycles. The van der Waals surface area contributed by atoms with Gasteiger partial charge in [-0.2, -0.15) is 5.10 Å². The second-order valence-corrected chi connectivity index (χ2v) is 5.63. The normalized spacial score (nSPS) is 13.8. The predicted molar refractivity (Wildman–Crippen MR) is 82.8 cm³/mol. The van der Waals surface area contributed by atoms with E-state index in [1.54, 1.807) is 0 Å². The van der Waals surface area contributed by atoms with Crippen LogP contribution in [0.2, 0.25) is 0 Å². The first-order valence-corrected chi connectivity index (χ1v) is 7.33. The first kappa shape index (κ1) is 15.0. The highest BCUT2D eigenvalue weighted by Gasteiger charge is 2.28. The van der Waals surface area contributed by atoms with Gasteiger partial charge in [0, 0.05) is 31.0 Å². The van der Waals surface area contributed by atoms with Crippen LogP contribution < -0.4 is 5.73 Å². The zero-order valence-corrected chi connectivity index (χ0v) is 12.9. The van der Waals surface area contributed by atoms with Gasteiger partial charge in [-0.15, -0.1) is 0 Å². The number of ether oxygens (including phenoxy) is 1. The number of nitrogens with zero attached hydrogens (tertiary/aromatic N) is 2. The SMILES string of the molecule is CCOC(C)(C)C(N)Cc1nn(CC)c2ccccc12. The Balaban J connectivity index is 2.30. The van der Waals surface area contributed by atoms with E-state index in [1.165, 1.54) is 10.9 Å². The zero-order valence-electron chi connectivity index (χ0n) is 12.9. The maximum Gasteiger partial charge on any atom is 0.0780 e. The van der Waals surface area contributed by atoms with Crippen LogP contribution in [0.25, 0.3) is 10.9 Å². The van der Waals surface area contributed by atoms with E-state index in [1.807, 2.05) is 37.6 Å². The third-order valence-electron chi connectivity index (χ3n) is 3.86. The van der Waals surface area contributed by atoms with Crippen molar-refractivity contribution in [1.82, 2.24) is 9.78 Å². The van der Waals surface area contributed by atoms with E-state index >= 15 is 0 Å². The van der Waals surface area contributed by atoms with E-state index in [0.29, 0.717) is 6.61 Å². The molecular formula is C16H25N3O. The molecule has 1 heterocycles. The van der Waals surface area contributed by atoms with E-state index in [2.05, 4.69) is 19.1 Å². The van der Waals surface area contributed by atoms with Crippen molar-refractivity contribution in [3.05, 3.63) is 30.0 Å². The lowest BCUT2D eigenvalue weighted by atomic mass is 9.94. The summed E-state index contributed by atoms with van der Waals surface area (Å²) in [6.45, 7) is 9.72. The summed E-state index contributed by atoms with van der Waals surface area (Å²) in [6, 6.07) is 8.24. The van der Waals surface area contributed by atoms with Gasteiger partial charge in [-0.05, 0) is 33.8 Å². The fourth-order valence-corrected chi connectivity index (χ4v) is 2.52. The Labute approximate surface area is 120 Å². The van der Waals surface area contributed by atoms with Gasteiger partial charge in [0.2, 0.25) is 0 Å². The van der Waals surface area contributed by atoms with Gasteiger partial charge in [-0.1, -0.05) is 18.2 Å². The molecule has 4 nitrogen and oxygen atoms in total. The Morgan fingerprint density at radius 1 is 1.30 bits per heavy atom. The van der Waals surface area contributed by atoms with Crippen LogP contribution in [0.3, 0.4) is 0 Å². The van der Waals surface area contributed by atoms with E-state index < -0.39 is 0 Å². The summed E-state index contributed by atoms with van der Waals surface area (Å²) < 4.78 is 7.78. The van der Waals surface area contributed by atoms with Gasteiger partial charge in [0.1, 0.15) is 0 Å². The molecule has 2 rings (SSSR count). The van der Waals surface area contributed by atoms with Crippen LogP contribution in [0.5, 0.6) is 0 Å². The summed E-state index contributed by atoms with van der Waals surface area (Å²) in [7, 11) is 0. The van der Waals surface area contributed by atoms with E-state index in [9.17, 15) is 0 Å². The van der Waals surface area contributed by atoms with Crippen LogP contribution in [-0.4, -0.2) is 28.0 Å². The summed E-state index contributed by atoms with van der Waals surface area (Å²) in [5, 5.41) is 5.89. The molecule has 1 aromatic carbocycles. The second kappa shape index (κ2) is 5.94. The van der Waals surface area contributed by atoms with Crippen LogP contribution in [-0.2, 0) is 17.7 Å². The van der Waals surface area contributed by atoms with Crippen molar-refractivity contribution in [3.63, 3.8) is 0 Å². The van der Waals surface area contributed by atoms with Crippen LogP contribution >= 0.6 is 0 Å². The molecule has 20 heavy (non-hydrogen) atoms. The Morgan fingerprint density at radius 3 is 2.65 bits per heavy atom. The molecule has 4 heteroatoms. The highest BCUT2D eigenvalue weighted by atomic mass is 16.5. The maximum atomic E-state index is 6.34. The molecule has 0 radical (unpaired) electrons. The number of rotatable bonds is 6. The predicted octanol–water partition coefficient (Wildman–Crippen LogP) is 2.74. The minimum absolute atomic E-state index is 0.0777. The minimum Gasteiger partial charge on any atom is -0.374 e. The van der Waals surface area contributed by atoms with Gasteiger partial charge in [0.25, 0.3) is 0 Å². The minimum atomic E-state index is -0.341. The molecule has 0 aliphatic rings. The molecule has 0 aliphatic carbocycles. The summed E-state index contributed by atoms with van der Waals surface area (Å²) >= 11 is 0. The number of para-hydroxylation sites is 1. The maximum absolute atomic E-state index is 6.34. The number of nitrogens with two attached hydrogens (primary N) is 1.